The number of rotatable bonds is 14. The van der Waals surface area contributed by atoms with Crippen molar-refractivity contribution in [3.8, 4) is 0 Å². The normalized spacial score (nSPS) is 12.5. The first-order valence-corrected chi connectivity index (χ1v) is 19.8. The smallest absolute Gasteiger partial charge is 0.424 e. The molecule has 0 saturated heterocycles. The average Bonchev–Trinajstić information content (AvgIpc) is 3.12. The maximum absolute atomic E-state index is 13.3. The lowest BCUT2D eigenvalue weighted by molar-refractivity contribution is -0.143. The van der Waals surface area contributed by atoms with E-state index in [1.54, 1.807) is 115 Å². The van der Waals surface area contributed by atoms with E-state index in [0.29, 0.717) is 40.7 Å². The van der Waals surface area contributed by atoms with Crippen LogP contribution in [-0.2, 0) is 35.0 Å². The molecule has 0 aliphatic rings. The zero-order valence-corrected chi connectivity index (χ0v) is 36.1. The number of anilines is 3. The van der Waals surface area contributed by atoms with Gasteiger partial charge in [-0.1, -0.05) is 48.5 Å². The molecule has 3 amide bonds. The van der Waals surface area contributed by atoms with Crippen molar-refractivity contribution in [3.05, 3.63) is 101 Å². The van der Waals surface area contributed by atoms with Crippen molar-refractivity contribution in [3.63, 3.8) is 0 Å². The molecule has 310 valence electrons. The van der Waals surface area contributed by atoms with E-state index in [2.05, 4.69) is 14.2 Å². The number of amides is 3. The number of esters is 1. The first kappa shape index (κ1) is 45.3. The molecule has 0 radical (unpaired) electrons. The van der Waals surface area contributed by atoms with Gasteiger partial charge in [-0.3, -0.25) is 13.6 Å². The second kappa shape index (κ2) is 19.8. The fraction of sp³-hybridized carbons (Fsp3) is 0.372. The van der Waals surface area contributed by atoms with Crippen molar-refractivity contribution in [2.75, 3.05) is 28.7 Å². The number of hydrogen-bond donors (Lipinski definition) is 4. The molecule has 15 heteroatoms. The summed E-state index contributed by atoms with van der Waals surface area (Å²) in [7, 11) is 0. The molecule has 4 rings (SSSR count). The number of carboxylic acid groups (broad SMARTS) is 1. The lowest BCUT2D eigenvalue weighted by atomic mass is 9.98. The summed E-state index contributed by atoms with van der Waals surface area (Å²) in [6.07, 6.45) is -1.92. The summed E-state index contributed by atoms with van der Waals surface area (Å²) in [5.74, 6) is -1.44. The van der Waals surface area contributed by atoms with E-state index in [1.165, 1.54) is 0 Å². The molecule has 0 saturated carbocycles. The minimum Gasteiger partial charge on any atom is -0.479 e. The lowest BCUT2D eigenvalue weighted by Crippen LogP contribution is -2.43. The molecule has 4 aromatic carbocycles. The highest BCUT2D eigenvalue weighted by Crippen LogP contribution is 2.33. The monoisotopic (exact) mass is 910 g/mol. The summed E-state index contributed by atoms with van der Waals surface area (Å²) in [6, 6.07) is 21.1. The molecule has 0 spiro atoms. The number of benzene rings is 4. The first-order valence-electron chi connectivity index (χ1n) is 18.7. The highest BCUT2D eigenvalue weighted by atomic mass is 127. The fourth-order valence-electron chi connectivity index (χ4n) is 5.92. The van der Waals surface area contributed by atoms with Gasteiger partial charge in [-0.2, -0.15) is 4.90 Å². The predicted molar refractivity (Wildman–Crippen MR) is 230 cm³/mol. The predicted octanol–water partition coefficient (Wildman–Crippen LogP) is 9.79. The number of carboxylic acids is 1. The van der Waals surface area contributed by atoms with Gasteiger partial charge < -0.3 is 29.4 Å². The molecule has 1 unspecified atom stereocenters. The van der Waals surface area contributed by atoms with Gasteiger partial charge in [0.05, 0.1) is 31.4 Å². The Labute approximate surface area is 352 Å². The third-order valence-corrected chi connectivity index (χ3v) is 9.21. The van der Waals surface area contributed by atoms with Crippen molar-refractivity contribution in [2.24, 2.45) is 0 Å². The molecule has 4 aromatic rings. The van der Waals surface area contributed by atoms with E-state index in [0.717, 1.165) is 21.6 Å². The largest absolute Gasteiger partial charge is 0.479 e. The number of aliphatic carboxylic acids is 1. The summed E-state index contributed by atoms with van der Waals surface area (Å²) in [5, 5.41) is 17.3. The van der Waals surface area contributed by atoms with Crippen molar-refractivity contribution in [1.29, 1.82) is 0 Å². The van der Waals surface area contributed by atoms with Gasteiger partial charge in [0.15, 0.2) is 6.04 Å². The summed E-state index contributed by atoms with van der Waals surface area (Å²) in [5.41, 5.74) is 2.46. The number of fused-ring (bicyclic) bond motifs is 1. The second-order valence-electron chi connectivity index (χ2n) is 15.4. The topological polar surface area (TPSA) is 182 Å². The van der Waals surface area contributed by atoms with Gasteiger partial charge in [-0.05, 0) is 113 Å². The number of ether oxygens (including phenoxy) is 4. The maximum Gasteiger partial charge on any atom is 0.424 e. The SMILES string of the molecule is CCOC(=O)C[C@H](NI)c1cccc(NC(=O)OCCc2ccc(C(Nc3ccc4c(N(C(=O)OC(C)(C)C)C(=O)OC(C)(C)C)cccc4c3)C(=O)O)cc2C)c1. The van der Waals surface area contributed by atoms with Crippen molar-refractivity contribution >= 4 is 80.9 Å². The van der Waals surface area contributed by atoms with Crippen LogP contribution in [0.3, 0.4) is 0 Å². The molecule has 0 aromatic heterocycles. The highest BCUT2D eigenvalue weighted by Gasteiger charge is 2.34. The zero-order chi connectivity index (χ0) is 42.8. The number of hydrogen-bond acceptors (Lipinski definition) is 11. The number of carbonyl (C=O) groups is 5. The molecule has 14 nitrogen and oxygen atoms in total. The zero-order valence-electron chi connectivity index (χ0n) is 33.9. The average molecular weight is 911 g/mol. The molecule has 4 N–H and O–H groups in total. The van der Waals surface area contributed by atoms with E-state index in [4.69, 9.17) is 18.9 Å². The minimum absolute atomic E-state index is 0.0749. The third-order valence-electron chi connectivity index (χ3n) is 8.46. The van der Waals surface area contributed by atoms with Crippen LogP contribution >= 0.6 is 22.9 Å². The minimum atomic E-state index is -1.12. The van der Waals surface area contributed by atoms with Crippen LogP contribution in [0, 0.1) is 6.92 Å². The molecular weight excluding hydrogens is 859 g/mol. The Morgan fingerprint density at radius 2 is 1.47 bits per heavy atom. The summed E-state index contributed by atoms with van der Waals surface area (Å²) < 4.78 is 24.7. The van der Waals surface area contributed by atoms with E-state index in [9.17, 15) is 29.1 Å². The molecule has 0 bridgehead atoms. The van der Waals surface area contributed by atoms with Gasteiger partial charge in [0.1, 0.15) is 11.2 Å². The first-order chi connectivity index (χ1) is 27.3. The summed E-state index contributed by atoms with van der Waals surface area (Å²) >= 11 is 1.98. The Balaban J connectivity index is 1.44. The highest BCUT2D eigenvalue weighted by molar-refractivity contribution is 14.1. The quantitative estimate of drug-likeness (QED) is 0.0408. The second-order valence-corrected chi connectivity index (χ2v) is 16.0. The van der Waals surface area contributed by atoms with Crippen LogP contribution in [0.2, 0.25) is 0 Å². The van der Waals surface area contributed by atoms with E-state index in [1.807, 2.05) is 41.9 Å². The molecule has 0 fully saturated rings. The van der Waals surface area contributed by atoms with Gasteiger partial charge in [-0.15, -0.1) is 0 Å². The number of aryl methyl sites for hydroxylation is 1. The van der Waals surface area contributed by atoms with Crippen molar-refractivity contribution in [1.82, 2.24) is 3.53 Å². The molecule has 0 heterocycles. The van der Waals surface area contributed by atoms with Crippen LogP contribution in [0.4, 0.5) is 31.4 Å². The Morgan fingerprint density at radius 1 is 0.793 bits per heavy atom. The van der Waals surface area contributed by atoms with Crippen molar-refractivity contribution in [2.45, 2.75) is 91.5 Å². The van der Waals surface area contributed by atoms with E-state index in [-0.39, 0.29) is 30.7 Å². The van der Waals surface area contributed by atoms with Crippen LogP contribution in [0.1, 0.15) is 89.2 Å². The molecule has 2 atom stereocenters. The third kappa shape index (κ3) is 13.1. The molecule has 0 aliphatic carbocycles. The lowest BCUT2D eigenvalue weighted by Gasteiger charge is -2.29. The molecule has 58 heavy (non-hydrogen) atoms. The van der Waals surface area contributed by atoms with Crippen LogP contribution in [0.25, 0.3) is 10.8 Å². The Hall–Kier alpha value is -5.42. The Kier molecular flexibility index (Phi) is 15.5. The van der Waals surface area contributed by atoms with E-state index < -0.39 is 41.5 Å². The number of carbonyl (C=O) groups excluding carboxylic acids is 4. The summed E-state index contributed by atoms with van der Waals surface area (Å²) in [6.45, 7) is 14.2. The van der Waals surface area contributed by atoms with Crippen LogP contribution in [0.15, 0.2) is 78.9 Å². The number of nitrogens with zero attached hydrogens (tertiary/aromatic N) is 1. The Morgan fingerprint density at radius 3 is 2.07 bits per heavy atom. The number of nitrogens with one attached hydrogen (secondary N) is 3. The van der Waals surface area contributed by atoms with Crippen molar-refractivity contribution < 1.29 is 48.0 Å². The van der Waals surface area contributed by atoms with Gasteiger partial charge >= 0.3 is 30.2 Å². The summed E-state index contributed by atoms with van der Waals surface area (Å²) in [4.78, 5) is 64.8. The molecular formula is C43H51IN4O10. The van der Waals surface area contributed by atoms with Crippen LogP contribution in [0.5, 0.6) is 0 Å². The standard InChI is InChI=1S/C43H51IN4O10/c1-9-55-36(49)25-34(47-44)29-13-10-14-31(24-29)46-39(52)56-21-20-27-16-17-30(22-26(27)2)37(38(50)51)45-32-18-19-33-28(23-32)12-11-15-35(33)48(40(53)57-42(3,4)5)41(54)58-43(6,7)8/h10-19,22-24,34,37,45,47H,9,20-21,25H2,1-8H3,(H,46,52)(H,50,51)/t34-,37?/m0/s1. The van der Waals surface area contributed by atoms with Gasteiger partial charge in [0.2, 0.25) is 0 Å². The van der Waals surface area contributed by atoms with E-state index >= 15 is 0 Å². The van der Waals surface area contributed by atoms with Gasteiger partial charge in [0.25, 0.3) is 0 Å². The van der Waals surface area contributed by atoms with Gasteiger partial charge in [-0.25, -0.2) is 19.2 Å². The van der Waals surface area contributed by atoms with Crippen LogP contribution < -0.4 is 19.1 Å². The fourth-order valence-corrected chi connectivity index (χ4v) is 6.50. The number of halogens is 1. The maximum atomic E-state index is 13.3. The van der Waals surface area contributed by atoms with Crippen LogP contribution in [-0.4, -0.2) is 59.7 Å². The molecule has 0 aliphatic heterocycles. The number of imide groups is 1. The Bertz CT molecular complexity index is 2100. The van der Waals surface area contributed by atoms with Gasteiger partial charge in [0, 0.05) is 46.0 Å².